The van der Waals surface area contributed by atoms with Gasteiger partial charge in [-0.2, -0.15) is 0 Å². The SMILES string of the molecule is CCCCCCc1cc(CCCCCC)c(-c2ccnc(C)c2)s1. The van der Waals surface area contributed by atoms with Crippen molar-refractivity contribution in [2.24, 2.45) is 0 Å². The minimum atomic E-state index is 1.11. The second kappa shape index (κ2) is 10.7. The number of rotatable bonds is 11. The van der Waals surface area contributed by atoms with Gasteiger partial charge in [0, 0.05) is 21.6 Å². The standard InChI is InChI=1S/C22H33NS/c1-4-6-8-10-12-19-17-21(13-11-9-7-5-2)24-22(19)20-14-15-23-18(3)16-20/h14-17H,4-13H2,1-3H3. The van der Waals surface area contributed by atoms with Gasteiger partial charge in [0.2, 0.25) is 0 Å². The summed E-state index contributed by atoms with van der Waals surface area (Å²) in [6, 6.07) is 6.91. The molecule has 0 aliphatic carbocycles. The maximum absolute atomic E-state index is 4.36. The maximum Gasteiger partial charge on any atom is 0.0379 e. The number of hydrogen-bond acceptors (Lipinski definition) is 2. The Morgan fingerprint density at radius 1 is 0.875 bits per heavy atom. The van der Waals surface area contributed by atoms with Crippen molar-refractivity contribution in [2.45, 2.75) is 85.0 Å². The van der Waals surface area contributed by atoms with Crippen molar-refractivity contribution in [3.63, 3.8) is 0 Å². The fourth-order valence-corrected chi connectivity index (χ4v) is 4.44. The third-order valence-corrected chi connectivity index (χ3v) is 5.88. The van der Waals surface area contributed by atoms with Gasteiger partial charge in [0.1, 0.15) is 0 Å². The van der Waals surface area contributed by atoms with Crippen LogP contribution in [0, 0.1) is 6.92 Å². The van der Waals surface area contributed by atoms with Gasteiger partial charge >= 0.3 is 0 Å². The third kappa shape index (κ3) is 6.05. The van der Waals surface area contributed by atoms with E-state index >= 15 is 0 Å². The van der Waals surface area contributed by atoms with Gasteiger partial charge in [0.05, 0.1) is 0 Å². The Bertz CT molecular complexity index is 600. The zero-order valence-corrected chi connectivity index (χ0v) is 16.6. The first kappa shape index (κ1) is 19.2. The summed E-state index contributed by atoms with van der Waals surface area (Å²) in [5, 5.41) is 0. The van der Waals surface area contributed by atoms with Crippen LogP contribution < -0.4 is 0 Å². The van der Waals surface area contributed by atoms with Crippen molar-refractivity contribution in [1.82, 2.24) is 4.98 Å². The Kier molecular flexibility index (Phi) is 8.52. The number of hydrogen-bond donors (Lipinski definition) is 0. The Morgan fingerprint density at radius 2 is 1.58 bits per heavy atom. The molecule has 0 radical (unpaired) electrons. The number of pyridine rings is 1. The lowest BCUT2D eigenvalue weighted by molar-refractivity contribution is 0.665. The van der Waals surface area contributed by atoms with Crippen molar-refractivity contribution in [1.29, 1.82) is 0 Å². The normalized spacial score (nSPS) is 11.1. The highest BCUT2D eigenvalue weighted by atomic mass is 32.1. The Balaban J connectivity index is 2.10. The van der Waals surface area contributed by atoms with Crippen molar-refractivity contribution in [3.05, 3.63) is 40.5 Å². The minimum absolute atomic E-state index is 1.11. The van der Waals surface area contributed by atoms with Gasteiger partial charge in [0.25, 0.3) is 0 Å². The van der Waals surface area contributed by atoms with Crippen LogP contribution in [0.5, 0.6) is 0 Å². The zero-order chi connectivity index (χ0) is 17.2. The molecule has 0 aliphatic heterocycles. The number of aryl methyl sites for hydroxylation is 3. The first-order valence-corrected chi connectivity index (χ1v) is 10.6. The molecule has 2 heteroatoms. The summed E-state index contributed by atoms with van der Waals surface area (Å²) in [6.45, 7) is 6.65. The van der Waals surface area contributed by atoms with E-state index in [2.05, 4.69) is 44.0 Å². The van der Waals surface area contributed by atoms with Gasteiger partial charge in [-0.25, -0.2) is 0 Å². The van der Waals surface area contributed by atoms with Crippen LogP contribution in [0.4, 0.5) is 0 Å². The molecule has 2 aromatic rings. The van der Waals surface area contributed by atoms with E-state index in [-0.39, 0.29) is 0 Å². The average Bonchev–Trinajstić information content (AvgIpc) is 2.99. The topological polar surface area (TPSA) is 12.9 Å². The summed E-state index contributed by atoms with van der Waals surface area (Å²) >= 11 is 2.02. The highest BCUT2D eigenvalue weighted by molar-refractivity contribution is 7.15. The molecule has 24 heavy (non-hydrogen) atoms. The highest BCUT2D eigenvalue weighted by Gasteiger charge is 2.11. The molecule has 0 unspecified atom stereocenters. The molecule has 0 aromatic carbocycles. The molecule has 0 fully saturated rings. The lowest BCUT2D eigenvalue weighted by atomic mass is 10.0. The molecule has 1 nitrogen and oxygen atoms in total. The van der Waals surface area contributed by atoms with Crippen LogP contribution in [-0.2, 0) is 12.8 Å². The van der Waals surface area contributed by atoms with E-state index in [1.807, 2.05) is 17.5 Å². The van der Waals surface area contributed by atoms with E-state index in [1.54, 1.807) is 10.4 Å². The molecule has 0 aliphatic rings. The van der Waals surface area contributed by atoms with E-state index in [9.17, 15) is 0 Å². The van der Waals surface area contributed by atoms with Crippen molar-refractivity contribution in [3.8, 4) is 10.4 Å². The summed E-state index contributed by atoms with van der Waals surface area (Å²) in [7, 11) is 0. The summed E-state index contributed by atoms with van der Waals surface area (Å²) in [5.41, 5.74) is 4.03. The molecule has 0 spiro atoms. The van der Waals surface area contributed by atoms with E-state index in [1.165, 1.54) is 74.6 Å². The molecule has 0 bridgehead atoms. The van der Waals surface area contributed by atoms with E-state index in [0.29, 0.717) is 0 Å². The molecule has 0 saturated heterocycles. The van der Waals surface area contributed by atoms with Gasteiger partial charge in [-0.15, -0.1) is 11.3 Å². The lowest BCUT2D eigenvalue weighted by Crippen LogP contribution is -1.88. The van der Waals surface area contributed by atoms with E-state index in [0.717, 1.165) is 5.69 Å². The Labute approximate surface area is 152 Å². The second-order valence-electron chi connectivity index (χ2n) is 6.87. The van der Waals surface area contributed by atoms with Crippen molar-refractivity contribution < 1.29 is 0 Å². The molecular formula is C22H33NS. The molecule has 0 N–H and O–H groups in total. The maximum atomic E-state index is 4.36. The minimum Gasteiger partial charge on any atom is -0.262 e. The first-order valence-electron chi connectivity index (χ1n) is 9.79. The summed E-state index contributed by atoms with van der Waals surface area (Å²) < 4.78 is 0. The number of nitrogens with zero attached hydrogens (tertiary/aromatic N) is 1. The monoisotopic (exact) mass is 343 g/mol. The largest absolute Gasteiger partial charge is 0.262 e. The highest BCUT2D eigenvalue weighted by Crippen LogP contribution is 2.35. The number of aromatic nitrogens is 1. The van der Waals surface area contributed by atoms with E-state index < -0.39 is 0 Å². The molecule has 2 heterocycles. The van der Waals surface area contributed by atoms with Crippen LogP contribution in [0.15, 0.2) is 24.4 Å². The summed E-state index contributed by atoms with van der Waals surface area (Å²) in [6.07, 6.45) is 15.1. The smallest absolute Gasteiger partial charge is 0.0379 e. The fraction of sp³-hybridized carbons (Fsp3) is 0.591. The van der Waals surface area contributed by atoms with Crippen LogP contribution in [0.25, 0.3) is 10.4 Å². The quantitative estimate of drug-likeness (QED) is 0.388. The van der Waals surface area contributed by atoms with Crippen LogP contribution in [0.1, 0.15) is 81.3 Å². The zero-order valence-electron chi connectivity index (χ0n) is 15.7. The van der Waals surface area contributed by atoms with E-state index in [4.69, 9.17) is 0 Å². The number of thiophene rings is 1. The summed E-state index contributed by atoms with van der Waals surface area (Å²) in [4.78, 5) is 7.42. The third-order valence-electron chi connectivity index (χ3n) is 4.60. The Morgan fingerprint density at radius 3 is 2.25 bits per heavy atom. The molecular weight excluding hydrogens is 310 g/mol. The molecule has 2 aromatic heterocycles. The van der Waals surface area contributed by atoms with Gasteiger partial charge in [0.15, 0.2) is 0 Å². The lowest BCUT2D eigenvalue weighted by Gasteiger charge is -2.04. The Hall–Kier alpha value is -1.15. The summed E-state index contributed by atoms with van der Waals surface area (Å²) in [5.74, 6) is 0. The van der Waals surface area contributed by atoms with Crippen molar-refractivity contribution in [2.75, 3.05) is 0 Å². The van der Waals surface area contributed by atoms with Crippen LogP contribution >= 0.6 is 11.3 Å². The fourth-order valence-electron chi connectivity index (χ4n) is 3.19. The molecule has 2 rings (SSSR count). The predicted octanol–water partition coefficient (Wildman–Crippen LogP) is 7.36. The molecule has 0 amide bonds. The van der Waals surface area contributed by atoms with Gasteiger partial charge in [-0.05, 0) is 61.9 Å². The average molecular weight is 344 g/mol. The molecule has 132 valence electrons. The van der Waals surface area contributed by atoms with Crippen LogP contribution in [0.2, 0.25) is 0 Å². The van der Waals surface area contributed by atoms with Crippen LogP contribution in [0.3, 0.4) is 0 Å². The van der Waals surface area contributed by atoms with Gasteiger partial charge in [-0.3, -0.25) is 4.98 Å². The van der Waals surface area contributed by atoms with Gasteiger partial charge < -0.3 is 0 Å². The van der Waals surface area contributed by atoms with Crippen molar-refractivity contribution >= 4 is 11.3 Å². The predicted molar refractivity (Wildman–Crippen MR) is 108 cm³/mol. The molecule has 0 saturated carbocycles. The first-order chi connectivity index (χ1) is 11.7. The van der Waals surface area contributed by atoms with Gasteiger partial charge in [-0.1, -0.05) is 52.4 Å². The van der Waals surface area contributed by atoms with Crippen LogP contribution in [-0.4, -0.2) is 4.98 Å². The number of unbranched alkanes of at least 4 members (excludes halogenated alkanes) is 6. The molecule has 0 atom stereocenters. The second-order valence-corrected chi connectivity index (χ2v) is 8.01.